The number of nitrogens with zero attached hydrogens (tertiary/aromatic N) is 2. The minimum atomic E-state index is -0.372. The van der Waals surface area contributed by atoms with Crippen LogP contribution in [-0.4, -0.2) is 18.5 Å². The van der Waals surface area contributed by atoms with Crippen LogP contribution in [0.5, 0.6) is 0 Å². The van der Waals surface area contributed by atoms with Crippen molar-refractivity contribution < 1.29 is 9.59 Å². The zero-order valence-electron chi connectivity index (χ0n) is 11.1. The molecule has 2 fully saturated rings. The zero-order valence-corrected chi connectivity index (χ0v) is 11.1. The van der Waals surface area contributed by atoms with Gasteiger partial charge >= 0.3 is 6.03 Å². The average molecular weight is 269 g/mol. The van der Waals surface area contributed by atoms with Crippen molar-refractivity contribution in [1.29, 1.82) is 5.26 Å². The lowest BCUT2D eigenvalue weighted by Crippen LogP contribution is -2.42. The summed E-state index contributed by atoms with van der Waals surface area (Å²) < 4.78 is 0. The maximum atomic E-state index is 12.4. The fourth-order valence-electron chi connectivity index (χ4n) is 2.89. The van der Waals surface area contributed by atoms with Gasteiger partial charge in [0.25, 0.3) is 0 Å². The number of carbonyl (C=O) groups is 2. The van der Waals surface area contributed by atoms with Gasteiger partial charge in [-0.3, -0.25) is 4.79 Å². The number of carbonyl (C=O) groups excluding carboxylic acids is 2. The Morgan fingerprint density at radius 3 is 2.45 bits per heavy atom. The van der Waals surface area contributed by atoms with Gasteiger partial charge in [-0.15, -0.1) is 0 Å². The summed E-state index contributed by atoms with van der Waals surface area (Å²) in [6.07, 6.45) is 3.53. The molecule has 0 unspecified atom stereocenters. The summed E-state index contributed by atoms with van der Waals surface area (Å²) in [7, 11) is 0. The van der Waals surface area contributed by atoms with Gasteiger partial charge in [-0.2, -0.15) is 5.26 Å². The Morgan fingerprint density at radius 2 is 1.90 bits per heavy atom. The van der Waals surface area contributed by atoms with Crippen LogP contribution in [0.1, 0.15) is 31.2 Å². The molecule has 5 heteroatoms. The van der Waals surface area contributed by atoms with Crippen molar-refractivity contribution in [3.63, 3.8) is 0 Å². The molecule has 1 spiro atoms. The van der Waals surface area contributed by atoms with E-state index >= 15 is 0 Å². The van der Waals surface area contributed by atoms with Gasteiger partial charge in [0.05, 0.1) is 17.3 Å². The number of anilines is 1. The predicted molar refractivity (Wildman–Crippen MR) is 72.9 cm³/mol. The van der Waals surface area contributed by atoms with E-state index in [1.807, 2.05) is 6.07 Å². The molecule has 3 amide bonds. The molecule has 3 rings (SSSR count). The third kappa shape index (κ3) is 2.03. The molecule has 0 atom stereocenters. The second-order valence-corrected chi connectivity index (χ2v) is 5.58. The first-order valence-corrected chi connectivity index (χ1v) is 6.75. The quantitative estimate of drug-likeness (QED) is 0.849. The Balaban J connectivity index is 1.88. The van der Waals surface area contributed by atoms with E-state index in [4.69, 9.17) is 5.26 Å². The second kappa shape index (κ2) is 4.64. The molecule has 0 aromatic heterocycles. The summed E-state index contributed by atoms with van der Waals surface area (Å²) >= 11 is 0. The van der Waals surface area contributed by atoms with Gasteiger partial charge in [0.1, 0.15) is 0 Å². The van der Waals surface area contributed by atoms with Crippen molar-refractivity contribution >= 4 is 17.6 Å². The number of benzene rings is 1. The van der Waals surface area contributed by atoms with Crippen LogP contribution in [0.4, 0.5) is 10.5 Å². The monoisotopic (exact) mass is 269 g/mol. The minimum absolute atomic E-state index is 0.0336. The van der Waals surface area contributed by atoms with Crippen LogP contribution < -0.4 is 10.2 Å². The van der Waals surface area contributed by atoms with Gasteiger partial charge < -0.3 is 5.32 Å². The highest BCUT2D eigenvalue weighted by Crippen LogP contribution is 2.45. The molecule has 0 radical (unpaired) electrons. The van der Waals surface area contributed by atoms with Crippen molar-refractivity contribution in [2.24, 2.45) is 5.41 Å². The minimum Gasteiger partial charge on any atom is -0.337 e. The van der Waals surface area contributed by atoms with Gasteiger partial charge in [-0.25, -0.2) is 9.69 Å². The summed E-state index contributed by atoms with van der Waals surface area (Å²) in [5.74, 6) is -0.163. The topological polar surface area (TPSA) is 73.2 Å². The number of hydrogen-bond donors (Lipinski definition) is 1. The van der Waals surface area contributed by atoms with Crippen molar-refractivity contribution in [3.8, 4) is 6.07 Å². The first-order chi connectivity index (χ1) is 9.63. The number of imide groups is 1. The number of urea groups is 1. The zero-order chi connectivity index (χ0) is 14.2. The fourth-order valence-corrected chi connectivity index (χ4v) is 2.89. The van der Waals surface area contributed by atoms with Crippen LogP contribution in [0, 0.1) is 16.7 Å². The van der Waals surface area contributed by atoms with E-state index in [-0.39, 0.29) is 17.4 Å². The molecule has 1 heterocycles. The lowest BCUT2D eigenvalue weighted by molar-refractivity contribution is -0.120. The first-order valence-electron chi connectivity index (χ1n) is 6.75. The standard InChI is InChI=1S/C15H15N3O2/c16-9-11-2-4-12(5-3-11)18-13(19)8-15(6-1-7-15)10-17-14(18)20/h2-5H,1,6-8,10H2,(H,17,20). The number of amides is 3. The van der Waals surface area contributed by atoms with Crippen LogP contribution >= 0.6 is 0 Å². The number of nitrogens with one attached hydrogen (secondary N) is 1. The SMILES string of the molecule is N#Cc1ccc(N2C(=O)CC3(CCC3)CNC2=O)cc1. The lowest BCUT2D eigenvalue weighted by Gasteiger charge is -2.39. The maximum absolute atomic E-state index is 12.4. The Kier molecular flexibility index (Phi) is 2.94. The van der Waals surface area contributed by atoms with E-state index in [0.29, 0.717) is 24.2 Å². The highest BCUT2D eigenvalue weighted by atomic mass is 16.2. The average Bonchev–Trinajstić information content (AvgIpc) is 2.55. The summed E-state index contributed by atoms with van der Waals surface area (Å²) in [5.41, 5.74) is 0.989. The first kappa shape index (κ1) is 12.7. The lowest BCUT2D eigenvalue weighted by atomic mass is 9.66. The van der Waals surface area contributed by atoms with E-state index in [1.165, 1.54) is 4.90 Å². The number of rotatable bonds is 1. The molecule has 0 bridgehead atoms. The van der Waals surface area contributed by atoms with Gasteiger partial charge in [-0.1, -0.05) is 6.42 Å². The van der Waals surface area contributed by atoms with Crippen molar-refractivity contribution in [1.82, 2.24) is 5.32 Å². The van der Waals surface area contributed by atoms with Crippen molar-refractivity contribution in [3.05, 3.63) is 29.8 Å². The molecule has 1 saturated carbocycles. The third-order valence-corrected chi connectivity index (χ3v) is 4.26. The molecule has 1 aromatic rings. The maximum Gasteiger partial charge on any atom is 0.328 e. The fraction of sp³-hybridized carbons (Fsp3) is 0.400. The summed E-state index contributed by atoms with van der Waals surface area (Å²) in [4.78, 5) is 25.7. The largest absolute Gasteiger partial charge is 0.337 e. The summed E-state index contributed by atoms with van der Waals surface area (Å²) in [6.45, 7) is 0.574. The van der Waals surface area contributed by atoms with E-state index in [0.717, 1.165) is 19.3 Å². The molecule has 5 nitrogen and oxygen atoms in total. The molecule has 1 aliphatic carbocycles. The molecule has 1 N–H and O–H groups in total. The van der Waals surface area contributed by atoms with Gasteiger partial charge in [0.2, 0.25) is 5.91 Å². The van der Waals surface area contributed by atoms with Gasteiger partial charge in [0, 0.05) is 13.0 Å². The Bertz CT molecular complexity index is 597. The van der Waals surface area contributed by atoms with E-state index in [9.17, 15) is 9.59 Å². The summed E-state index contributed by atoms with van der Waals surface area (Å²) in [6, 6.07) is 8.14. The normalized spacial score (nSPS) is 20.9. The second-order valence-electron chi connectivity index (χ2n) is 5.58. The van der Waals surface area contributed by atoms with E-state index in [2.05, 4.69) is 5.32 Å². The van der Waals surface area contributed by atoms with Crippen LogP contribution in [-0.2, 0) is 4.79 Å². The van der Waals surface area contributed by atoms with Crippen molar-refractivity contribution in [2.45, 2.75) is 25.7 Å². The molecule has 102 valence electrons. The summed E-state index contributed by atoms with van der Waals surface area (Å²) in [5, 5.41) is 11.6. The van der Waals surface area contributed by atoms with Crippen LogP contribution in [0.2, 0.25) is 0 Å². The predicted octanol–water partition coefficient (Wildman–Crippen LogP) is 2.17. The van der Waals surface area contributed by atoms with Gasteiger partial charge in [-0.05, 0) is 42.5 Å². The van der Waals surface area contributed by atoms with E-state index < -0.39 is 0 Å². The van der Waals surface area contributed by atoms with Gasteiger partial charge in [0.15, 0.2) is 0 Å². The smallest absolute Gasteiger partial charge is 0.328 e. The molecule has 1 aromatic carbocycles. The van der Waals surface area contributed by atoms with Crippen molar-refractivity contribution in [2.75, 3.05) is 11.4 Å². The third-order valence-electron chi connectivity index (χ3n) is 4.26. The Morgan fingerprint density at radius 1 is 1.20 bits per heavy atom. The Labute approximate surface area is 117 Å². The van der Waals surface area contributed by atoms with Crippen LogP contribution in [0.3, 0.4) is 0 Å². The molecule has 20 heavy (non-hydrogen) atoms. The molecular formula is C15H15N3O2. The molecule has 1 saturated heterocycles. The Hall–Kier alpha value is -2.35. The molecule has 2 aliphatic rings. The van der Waals surface area contributed by atoms with Crippen LogP contribution in [0.25, 0.3) is 0 Å². The number of hydrogen-bond acceptors (Lipinski definition) is 3. The molecular weight excluding hydrogens is 254 g/mol. The highest BCUT2D eigenvalue weighted by Gasteiger charge is 2.44. The van der Waals surface area contributed by atoms with E-state index in [1.54, 1.807) is 24.3 Å². The highest BCUT2D eigenvalue weighted by molar-refractivity contribution is 6.14. The molecule has 1 aliphatic heterocycles. The number of nitriles is 1. The van der Waals surface area contributed by atoms with Crippen LogP contribution in [0.15, 0.2) is 24.3 Å².